The first-order valence-corrected chi connectivity index (χ1v) is 7.26. The fourth-order valence-electron chi connectivity index (χ4n) is 2.25. The molecule has 0 radical (unpaired) electrons. The molecular formula is C16H10N2O5S. The Morgan fingerprint density at radius 1 is 1.12 bits per heavy atom. The summed E-state index contributed by atoms with van der Waals surface area (Å²) in [5, 5.41) is 4.62. The first-order chi connectivity index (χ1) is 11.5. The third kappa shape index (κ3) is 2.86. The highest BCUT2D eigenvalue weighted by Gasteiger charge is 2.37. The molecule has 0 spiro atoms. The number of allylic oxidation sites excluding steroid dienone is 1. The number of amides is 2. The van der Waals surface area contributed by atoms with Gasteiger partial charge >= 0.3 is 0 Å². The number of hydrogen-bond donors (Lipinski definition) is 2. The van der Waals surface area contributed by atoms with Crippen LogP contribution in [-0.4, -0.2) is 22.7 Å². The predicted molar refractivity (Wildman–Crippen MR) is 88.9 cm³/mol. The molecule has 24 heavy (non-hydrogen) atoms. The van der Waals surface area contributed by atoms with Gasteiger partial charge in [0.2, 0.25) is 11.8 Å². The van der Waals surface area contributed by atoms with Gasteiger partial charge in [-0.25, -0.2) is 0 Å². The average Bonchev–Trinajstić information content (AvgIpc) is 2.53. The number of fused-ring (bicyclic) bond motifs is 1. The molecule has 0 aliphatic carbocycles. The van der Waals surface area contributed by atoms with Crippen LogP contribution in [0, 0.1) is 5.92 Å². The van der Waals surface area contributed by atoms with Crippen LogP contribution in [0.25, 0.3) is 17.0 Å². The molecule has 1 aromatic heterocycles. The molecule has 1 saturated heterocycles. The summed E-state index contributed by atoms with van der Waals surface area (Å²) in [4.78, 5) is 47.8. The zero-order chi connectivity index (χ0) is 17.3. The highest BCUT2D eigenvalue weighted by Crippen LogP contribution is 2.12. The van der Waals surface area contributed by atoms with Crippen molar-refractivity contribution in [3.63, 3.8) is 0 Å². The molecule has 1 fully saturated rings. The number of benzene rings is 1. The highest BCUT2D eigenvalue weighted by atomic mass is 32.1. The molecule has 3 rings (SSSR count). The fourth-order valence-corrected chi connectivity index (χ4v) is 2.45. The molecule has 8 heteroatoms. The summed E-state index contributed by atoms with van der Waals surface area (Å²) in [6.07, 6.45) is 3.43. The number of nitrogens with one attached hydrogen (secondary N) is 2. The Balaban J connectivity index is 1.88. The minimum absolute atomic E-state index is 0.134. The van der Waals surface area contributed by atoms with Crippen molar-refractivity contribution >= 4 is 52.0 Å². The molecule has 0 atom stereocenters. The van der Waals surface area contributed by atoms with Crippen molar-refractivity contribution in [2.24, 2.45) is 5.92 Å². The number of rotatable bonds is 3. The van der Waals surface area contributed by atoms with Crippen molar-refractivity contribution in [2.75, 3.05) is 0 Å². The SMILES string of the molecule is O=C(/C=C/c1coc2ccccc2c1=O)C1C(=O)NC(=S)NC1=O. The van der Waals surface area contributed by atoms with Crippen molar-refractivity contribution < 1.29 is 18.8 Å². The zero-order valence-corrected chi connectivity index (χ0v) is 12.9. The molecule has 2 aromatic rings. The Bertz CT molecular complexity index is 956. The molecule has 1 aliphatic rings. The van der Waals surface area contributed by atoms with Gasteiger partial charge in [-0.2, -0.15) is 0 Å². The third-order valence-corrected chi connectivity index (χ3v) is 3.62. The van der Waals surface area contributed by atoms with Crippen molar-refractivity contribution in [3.05, 3.63) is 52.4 Å². The number of carbonyl (C=O) groups is 3. The van der Waals surface area contributed by atoms with Gasteiger partial charge in [-0.1, -0.05) is 12.1 Å². The summed E-state index contributed by atoms with van der Waals surface area (Å²) >= 11 is 4.66. The van der Waals surface area contributed by atoms with Crippen LogP contribution in [0.5, 0.6) is 0 Å². The number of thiocarbonyl (C=S) groups is 1. The molecule has 0 saturated carbocycles. The molecule has 1 aromatic carbocycles. The lowest BCUT2D eigenvalue weighted by molar-refractivity contribution is -0.140. The van der Waals surface area contributed by atoms with E-state index in [4.69, 9.17) is 4.42 Å². The second kappa shape index (κ2) is 6.17. The summed E-state index contributed by atoms with van der Waals surface area (Å²) in [7, 11) is 0. The summed E-state index contributed by atoms with van der Waals surface area (Å²) in [5.74, 6) is -3.91. The molecule has 2 amide bonds. The Morgan fingerprint density at radius 3 is 2.50 bits per heavy atom. The van der Waals surface area contributed by atoms with Gasteiger partial charge in [-0.15, -0.1) is 0 Å². The number of para-hydroxylation sites is 1. The van der Waals surface area contributed by atoms with Crippen molar-refractivity contribution in [1.82, 2.24) is 10.6 Å². The van der Waals surface area contributed by atoms with Gasteiger partial charge in [0.25, 0.3) is 0 Å². The van der Waals surface area contributed by atoms with E-state index in [1.165, 1.54) is 12.3 Å². The topological polar surface area (TPSA) is 105 Å². The van der Waals surface area contributed by atoms with E-state index in [0.717, 1.165) is 6.08 Å². The van der Waals surface area contributed by atoms with E-state index in [1.54, 1.807) is 24.3 Å². The lowest BCUT2D eigenvalue weighted by atomic mass is 9.99. The van der Waals surface area contributed by atoms with E-state index >= 15 is 0 Å². The molecule has 120 valence electrons. The maximum Gasteiger partial charge on any atom is 0.246 e. The zero-order valence-electron chi connectivity index (χ0n) is 12.1. The van der Waals surface area contributed by atoms with Crippen LogP contribution in [0.15, 0.2) is 45.8 Å². The Morgan fingerprint density at radius 2 is 1.79 bits per heavy atom. The predicted octanol–water partition coefficient (Wildman–Crippen LogP) is 0.522. The average molecular weight is 342 g/mol. The van der Waals surface area contributed by atoms with E-state index in [9.17, 15) is 19.2 Å². The molecule has 1 aliphatic heterocycles. The first kappa shape index (κ1) is 15.8. The van der Waals surface area contributed by atoms with Crippen molar-refractivity contribution in [3.8, 4) is 0 Å². The quantitative estimate of drug-likeness (QED) is 0.479. The minimum Gasteiger partial charge on any atom is -0.463 e. The van der Waals surface area contributed by atoms with Crippen LogP contribution >= 0.6 is 12.2 Å². The van der Waals surface area contributed by atoms with Crippen LogP contribution in [0.2, 0.25) is 0 Å². The van der Waals surface area contributed by atoms with Crippen molar-refractivity contribution in [1.29, 1.82) is 0 Å². The molecule has 0 bridgehead atoms. The monoisotopic (exact) mass is 342 g/mol. The lowest BCUT2D eigenvalue weighted by Crippen LogP contribution is -2.57. The lowest BCUT2D eigenvalue weighted by Gasteiger charge is -2.20. The van der Waals surface area contributed by atoms with Gasteiger partial charge in [-0.05, 0) is 36.5 Å². The van der Waals surface area contributed by atoms with Crippen LogP contribution in [0.3, 0.4) is 0 Å². The Labute approximate surface area is 140 Å². The van der Waals surface area contributed by atoms with Crippen LogP contribution in [0.1, 0.15) is 5.56 Å². The van der Waals surface area contributed by atoms with Gasteiger partial charge in [0.05, 0.1) is 10.9 Å². The summed E-state index contributed by atoms with van der Waals surface area (Å²) in [6.45, 7) is 0. The molecule has 2 N–H and O–H groups in total. The molecule has 0 unspecified atom stereocenters. The molecule has 7 nitrogen and oxygen atoms in total. The standard InChI is InChI=1S/C16H10N2O5S/c19-10(12-14(21)17-16(24)18-15(12)22)6-5-8-7-23-11-4-2-1-3-9(11)13(8)20/h1-7,12H,(H2,17,18,21,22,24)/b6-5+. The summed E-state index contributed by atoms with van der Waals surface area (Å²) < 4.78 is 5.32. The summed E-state index contributed by atoms with van der Waals surface area (Å²) in [5.41, 5.74) is 0.236. The van der Waals surface area contributed by atoms with Crippen LogP contribution in [0.4, 0.5) is 0 Å². The van der Waals surface area contributed by atoms with E-state index < -0.39 is 23.5 Å². The highest BCUT2D eigenvalue weighted by molar-refractivity contribution is 7.80. The smallest absolute Gasteiger partial charge is 0.246 e. The van der Waals surface area contributed by atoms with Gasteiger partial charge in [0.1, 0.15) is 11.8 Å². The maximum absolute atomic E-state index is 12.3. The maximum atomic E-state index is 12.3. The second-order valence-electron chi connectivity index (χ2n) is 4.99. The summed E-state index contributed by atoms with van der Waals surface area (Å²) in [6, 6.07) is 6.67. The van der Waals surface area contributed by atoms with E-state index in [1.807, 2.05) is 0 Å². The minimum atomic E-state index is -1.54. The third-order valence-electron chi connectivity index (χ3n) is 3.42. The van der Waals surface area contributed by atoms with Crippen LogP contribution < -0.4 is 16.1 Å². The Kier molecular flexibility index (Phi) is 4.05. The number of carbonyl (C=O) groups excluding carboxylic acids is 3. The van der Waals surface area contributed by atoms with E-state index in [0.29, 0.717) is 11.0 Å². The largest absolute Gasteiger partial charge is 0.463 e. The van der Waals surface area contributed by atoms with Gasteiger partial charge in [0, 0.05) is 0 Å². The fraction of sp³-hybridized carbons (Fsp3) is 0.0625. The van der Waals surface area contributed by atoms with Gasteiger partial charge in [0.15, 0.2) is 22.2 Å². The molecule has 2 heterocycles. The number of hydrogen-bond acceptors (Lipinski definition) is 6. The van der Waals surface area contributed by atoms with Gasteiger partial charge < -0.3 is 15.1 Å². The first-order valence-electron chi connectivity index (χ1n) is 6.85. The van der Waals surface area contributed by atoms with Gasteiger partial charge in [-0.3, -0.25) is 19.2 Å². The second-order valence-corrected chi connectivity index (χ2v) is 5.40. The molecular weight excluding hydrogens is 332 g/mol. The number of ketones is 1. The Hall–Kier alpha value is -3.13. The van der Waals surface area contributed by atoms with Crippen LogP contribution in [-0.2, 0) is 14.4 Å². The van der Waals surface area contributed by atoms with E-state index in [2.05, 4.69) is 22.9 Å². The van der Waals surface area contributed by atoms with E-state index in [-0.39, 0.29) is 16.1 Å². The van der Waals surface area contributed by atoms with Crippen molar-refractivity contribution in [2.45, 2.75) is 0 Å². The normalized spacial score (nSPS) is 15.6.